The van der Waals surface area contributed by atoms with E-state index in [1.807, 2.05) is 0 Å². The third-order valence-electron chi connectivity index (χ3n) is 2.92. The minimum absolute atomic E-state index is 0.399. The number of methoxy groups -OCH3 is 1. The molecule has 1 rings (SSSR count). The fourth-order valence-corrected chi connectivity index (χ4v) is 1.80. The van der Waals surface area contributed by atoms with Gasteiger partial charge in [0.25, 0.3) is 0 Å². The Kier molecular flexibility index (Phi) is 7.53. The number of carboxylic acids is 1. The van der Waals surface area contributed by atoms with Gasteiger partial charge in [0.05, 0.1) is 11.3 Å². The van der Waals surface area contributed by atoms with E-state index in [0.717, 1.165) is 18.6 Å². The van der Waals surface area contributed by atoms with Gasteiger partial charge in [0, 0.05) is 13.7 Å². The molecule has 0 bridgehead atoms. The van der Waals surface area contributed by atoms with Gasteiger partial charge in [-0.25, -0.2) is 4.79 Å². The van der Waals surface area contributed by atoms with Crippen molar-refractivity contribution in [2.45, 2.75) is 25.4 Å². The van der Waals surface area contributed by atoms with Crippen molar-refractivity contribution in [1.82, 2.24) is 0 Å². The maximum Gasteiger partial charge on any atom is 0.416 e. The molecule has 5 nitrogen and oxygen atoms in total. The molecule has 0 saturated heterocycles. The van der Waals surface area contributed by atoms with Crippen molar-refractivity contribution in [3.05, 3.63) is 35.4 Å². The normalized spacial score (nSPS) is 12.3. The Morgan fingerprint density at radius 2 is 1.87 bits per heavy atom. The molecule has 0 fully saturated rings. The molecule has 1 aromatic carbocycles. The molecular formula is C15H18F3NO4. The average Bonchev–Trinajstić information content (AvgIpc) is 2.48. The topological polar surface area (TPSA) is 68.1 Å². The number of halogens is 3. The number of carbonyl (C=O) groups is 1. The van der Waals surface area contributed by atoms with Crippen LogP contribution in [0.15, 0.2) is 29.4 Å². The molecule has 0 unspecified atom stereocenters. The summed E-state index contributed by atoms with van der Waals surface area (Å²) in [5.74, 6) is -1.18. The number of hydrogen-bond donors (Lipinski definition) is 1. The number of carboxylic acid groups (broad SMARTS) is 1. The van der Waals surface area contributed by atoms with Crippen LogP contribution in [-0.2, 0) is 20.5 Å². The van der Waals surface area contributed by atoms with E-state index in [1.165, 1.54) is 12.1 Å². The standard InChI is InChI=1S/C15H18F3NO4/c1-22-9-3-2-4-13(19-23-10-14(20)21)11-5-7-12(8-6-11)15(16,17)18/h5-8H,2-4,9-10H2,1H3,(H,20,21)/b19-13+. The molecule has 128 valence electrons. The van der Waals surface area contributed by atoms with Crippen molar-refractivity contribution < 1.29 is 32.6 Å². The third-order valence-corrected chi connectivity index (χ3v) is 2.92. The van der Waals surface area contributed by atoms with E-state index in [4.69, 9.17) is 14.7 Å². The highest BCUT2D eigenvalue weighted by Gasteiger charge is 2.30. The number of aliphatic carboxylic acids is 1. The van der Waals surface area contributed by atoms with Crippen LogP contribution >= 0.6 is 0 Å². The molecular weight excluding hydrogens is 315 g/mol. The molecule has 0 aliphatic rings. The predicted octanol–water partition coefficient (Wildman–Crippen LogP) is 3.33. The quantitative estimate of drug-likeness (QED) is 0.428. The Labute approximate surface area is 131 Å². The zero-order chi connectivity index (χ0) is 17.3. The van der Waals surface area contributed by atoms with Gasteiger partial charge in [-0.05, 0) is 37.0 Å². The lowest BCUT2D eigenvalue weighted by atomic mass is 10.0. The largest absolute Gasteiger partial charge is 0.479 e. The zero-order valence-corrected chi connectivity index (χ0v) is 12.6. The molecule has 1 aromatic rings. The van der Waals surface area contributed by atoms with Crippen LogP contribution in [0.2, 0.25) is 0 Å². The van der Waals surface area contributed by atoms with Crippen LogP contribution in [0.4, 0.5) is 13.2 Å². The lowest BCUT2D eigenvalue weighted by molar-refractivity contribution is -0.142. The van der Waals surface area contributed by atoms with Crippen LogP contribution in [0, 0.1) is 0 Å². The predicted molar refractivity (Wildman–Crippen MR) is 77.3 cm³/mol. The second kappa shape index (κ2) is 9.14. The van der Waals surface area contributed by atoms with Crippen LogP contribution in [0.3, 0.4) is 0 Å². The van der Waals surface area contributed by atoms with Gasteiger partial charge < -0.3 is 14.7 Å². The lowest BCUT2D eigenvalue weighted by Crippen LogP contribution is -2.09. The molecule has 0 amide bonds. The van der Waals surface area contributed by atoms with Gasteiger partial charge in [-0.3, -0.25) is 0 Å². The molecule has 8 heteroatoms. The number of ether oxygens (including phenoxy) is 1. The van der Waals surface area contributed by atoms with Crippen LogP contribution in [0.1, 0.15) is 30.4 Å². The van der Waals surface area contributed by atoms with E-state index in [1.54, 1.807) is 7.11 Å². The first-order chi connectivity index (χ1) is 10.8. The van der Waals surface area contributed by atoms with E-state index in [-0.39, 0.29) is 0 Å². The first kappa shape index (κ1) is 19.0. The number of alkyl halides is 3. The van der Waals surface area contributed by atoms with Gasteiger partial charge >= 0.3 is 12.1 Å². The Hall–Kier alpha value is -2.09. The van der Waals surface area contributed by atoms with Gasteiger partial charge in [0.1, 0.15) is 0 Å². The maximum absolute atomic E-state index is 12.6. The summed E-state index contributed by atoms with van der Waals surface area (Å²) in [6, 6.07) is 4.50. The Balaban J connectivity index is 2.82. The Bertz CT molecular complexity index is 527. The van der Waals surface area contributed by atoms with Gasteiger partial charge in [0.2, 0.25) is 6.61 Å². The number of unbranched alkanes of at least 4 members (excludes halogenated alkanes) is 1. The van der Waals surface area contributed by atoms with Crippen molar-refractivity contribution in [2.24, 2.45) is 5.16 Å². The average molecular weight is 333 g/mol. The first-order valence-electron chi connectivity index (χ1n) is 6.91. The lowest BCUT2D eigenvalue weighted by Gasteiger charge is -2.09. The maximum atomic E-state index is 12.6. The minimum Gasteiger partial charge on any atom is -0.479 e. The smallest absolute Gasteiger partial charge is 0.416 e. The summed E-state index contributed by atoms with van der Waals surface area (Å²) in [7, 11) is 1.57. The number of oxime groups is 1. The van der Waals surface area contributed by atoms with Crippen LogP contribution < -0.4 is 0 Å². The second-order valence-electron chi connectivity index (χ2n) is 4.73. The highest BCUT2D eigenvalue weighted by atomic mass is 19.4. The van der Waals surface area contributed by atoms with E-state index < -0.39 is 24.3 Å². The molecule has 0 saturated carbocycles. The molecule has 0 aliphatic heterocycles. The number of benzene rings is 1. The molecule has 0 radical (unpaired) electrons. The minimum atomic E-state index is -4.41. The summed E-state index contributed by atoms with van der Waals surface area (Å²) >= 11 is 0. The van der Waals surface area contributed by atoms with E-state index >= 15 is 0 Å². The molecule has 0 heterocycles. The van der Waals surface area contributed by atoms with Gasteiger partial charge in [-0.1, -0.05) is 17.3 Å². The summed E-state index contributed by atoms with van der Waals surface area (Å²) < 4.78 is 42.6. The fraction of sp³-hybridized carbons (Fsp3) is 0.467. The van der Waals surface area contributed by atoms with Crippen molar-refractivity contribution in [3.63, 3.8) is 0 Å². The van der Waals surface area contributed by atoms with Crippen molar-refractivity contribution in [2.75, 3.05) is 20.3 Å². The summed E-state index contributed by atoms with van der Waals surface area (Å²) in [4.78, 5) is 15.1. The molecule has 23 heavy (non-hydrogen) atoms. The van der Waals surface area contributed by atoms with Crippen LogP contribution in [-0.4, -0.2) is 37.1 Å². The summed E-state index contributed by atoms with van der Waals surface area (Å²) in [5.41, 5.74) is 0.100. The van der Waals surface area contributed by atoms with Crippen molar-refractivity contribution in [1.29, 1.82) is 0 Å². The molecule has 0 atom stereocenters. The first-order valence-corrected chi connectivity index (χ1v) is 6.91. The van der Waals surface area contributed by atoms with Gasteiger partial charge in [-0.2, -0.15) is 13.2 Å². The Morgan fingerprint density at radius 3 is 2.39 bits per heavy atom. The molecule has 1 N–H and O–H groups in total. The van der Waals surface area contributed by atoms with Gasteiger partial charge in [-0.15, -0.1) is 0 Å². The summed E-state index contributed by atoms with van der Waals surface area (Å²) in [6.45, 7) is -0.0571. The SMILES string of the molecule is COCCCC/C(=N\OCC(=O)O)c1ccc(C(F)(F)F)cc1. The highest BCUT2D eigenvalue weighted by Crippen LogP contribution is 2.29. The van der Waals surface area contributed by atoms with Crippen LogP contribution in [0.5, 0.6) is 0 Å². The summed E-state index contributed by atoms with van der Waals surface area (Å²) in [5, 5.41) is 12.3. The second-order valence-corrected chi connectivity index (χ2v) is 4.73. The van der Waals surface area contributed by atoms with E-state index in [0.29, 0.717) is 30.7 Å². The fourth-order valence-electron chi connectivity index (χ4n) is 1.80. The van der Waals surface area contributed by atoms with E-state index in [2.05, 4.69) is 5.16 Å². The Morgan fingerprint density at radius 1 is 1.22 bits per heavy atom. The monoisotopic (exact) mass is 333 g/mol. The summed E-state index contributed by atoms with van der Waals surface area (Å²) in [6.07, 6.45) is -2.54. The molecule has 0 spiro atoms. The third kappa shape index (κ3) is 7.14. The van der Waals surface area contributed by atoms with Gasteiger partial charge in [0.15, 0.2) is 0 Å². The molecule has 0 aliphatic carbocycles. The number of rotatable bonds is 9. The van der Waals surface area contributed by atoms with E-state index in [9.17, 15) is 18.0 Å². The zero-order valence-electron chi connectivity index (χ0n) is 12.6. The highest BCUT2D eigenvalue weighted by molar-refractivity contribution is 6.00. The number of nitrogens with zero attached hydrogens (tertiary/aromatic N) is 1. The number of hydrogen-bond acceptors (Lipinski definition) is 4. The van der Waals surface area contributed by atoms with Crippen molar-refractivity contribution >= 4 is 11.7 Å². The van der Waals surface area contributed by atoms with Crippen molar-refractivity contribution in [3.8, 4) is 0 Å². The van der Waals surface area contributed by atoms with Crippen LogP contribution in [0.25, 0.3) is 0 Å². The molecule has 0 aromatic heterocycles.